The molecule has 7 heteroatoms. The summed E-state index contributed by atoms with van der Waals surface area (Å²) in [6.07, 6.45) is 0. The first-order valence-corrected chi connectivity index (χ1v) is 6.57. The van der Waals surface area contributed by atoms with Gasteiger partial charge >= 0.3 is 5.97 Å². The number of nitrogens with one attached hydrogen (secondary N) is 1. The number of rotatable bonds is 3. The molecule has 0 saturated carbocycles. The van der Waals surface area contributed by atoms with E-state index in [2.05, 4.69) is 21.2 Å². The van der Waals surface area contributed by atoms with Crippen molar-refractivity contribution in [2.75, 3.05) is 11.1 Å². The lowest BCUT2D eigenvalue weighted by Gasteiger charge is -2.10. The number of nitrogens with two attached hydrogens (primary N) is 1. The van der Waals surface area contributed by atoms with E-state index in [9.17, 15) is 14.0 Å². The fourth-order valence-electron chi connectivity index (χ4n) is 1.75. The van der Waals surface area contributed by atoms with Crippen LogP contribution < -0.4 is 11.1 Å². The summed E-state index contributed by atoms with van der Waals surface area (Å²) < 4.78 is 14.0. The minimum atomic E-state index is -1.46. The van der Waals surface area contributed by atoms with E-state index in [1.807, 2.05) is 0 Å². The number of carboxylic acid groups (broad SMARTS) is 1. The lowest BCUT2D eigenvalue weighted by atomic mass is 10.1. The van der Waals surface area contributed by atoms with E-state index < -0.39 is 23.3 Å². The first kappa shape index (κ1) is 15.0. The van der Waals surface area contributed by atoms with Gasteiger partial charge in [-0.25, -0.2) is 9.18 Å². The second-order valence-corrected chi connectivity index (χ2v) is 5.02. The van der Waals surface area contributed by atoms with Crippen molar-refractivity contribution in [1.82, 2.24) is 0 Å². The minimum absolute atomic E-state index is 0.123. The Morgan fingerprint density at radius 2 is 1.95 bits per heavy atom. The number of nitrogen functional groups attached to an aromatic ring is 1. The summed E-state index contributed by atoms with van der Waals surface area (Å²) in [5, 5.41) is 11.4. The van der Waals surface area contributed by atoms with Crippen LogP contribution in [-0.2, 0) is 0 Å². The van der Waals surface area contributed by atoms with Crippen LogP contribution in [0.4, 0.5) is 15.8 Å². The Hall–Kier alpha value is -2.41. The zero-order chi connectivity index (χ0) is 15.6. The highest BCUT2D eigenvalue weighted by atomic mass is 79.9. The quantitative estimate of drug-likeness (QED) is 0.740. The number of carbonyl (C=O) groups excluding carboxylic acids is 1. The third kappa shape index (κ3) is 3.19. The molecule has 5 nitrogen and oxygen atoms in total. The number of halogens is 2. The lowest BCUT2D eigenvalue weighted by Crippen LogP contribution is -2.16. The van der Waals surface area contributed by atoms with E-state index in [1.165, 1.54) is 18.2 Å². The molecule has 0 bridgehead atoms. The molecule has 2 aromatic carbocycles. The molecule has 0 aromatic heterocycles. The van der Waals surface area contributed by atoms with Gasteiger partial charge in [0, 0.05) is 10.2 Å². The summed E-state index contributed by atoms with van der Waals surface area (Å²) in [7, 11) is 0. The van der Waals surface area contributed by atoms with E-state index in [0.717, 1.165) is 6.07 Å². The largest absolute Gasteiger partial charge is 0.478 e. The normalized spacial score (nSPS) is 10.2. The zero-order valence-corrected chi connectivity index (χ0v) is 12.1. The third-order valence-electron chi connectivity index (χ3n) is 2.71. The second kappa shape index (κ2) is 5.92. The molecule has 0 saturated heterocycles. The van der Waals surface area contributed by atoms with Crippen LogP contribution in [0.25, 0.3) is 0 Å². The van der Waals surface area contributed by atoms with Crippen molar-refractivity contribution in [2.45, 2.75) is 0 Å². The maximum absolute atomic E-state index is 13.5. The van der Waals surface area contributed by atoms with Crippen LogP contribution in [0.2, 0.25) is 0 Å². The van der Waals surface area contributed by atoms with Crippen molar-refractivity contribution in [2.24, 2.45) is 0 Å². The van der Waals surface area contributed by atoms with Gasteiger partial charge in [-0.15, -0.1) is 0 Å². The molecule has 0 unspecified atom stereocenters. The predicted octanol–water partition coefficient (Wildman–Crippen LogP) is 3.12. The Bertz CT molecular complexity index is 734. The molecule has 2 rings (SSSR count). The molecule has 1 amide bonds. The van der Waals surface area contributed by atoms with Gasteiger partial charge in [0.25, 0.3) is 5.91 Å². The van der Waals surface area contributed by atoms with Gasteiger partial charge < -0.3 is 16.2 Å². The number of benzene rings is 2. The highest BCUT2D eigenvalue weighted by Crippen LogP contribution is 2.23. The first-order chi connectivity index (χ1) is 9.90. The van der Waals surface area contributed by atoms with Crippen molar-refractivity contribution < 1.29 is 19.1 Å². The van der Waals surface area contributed by atoms with Crippen LogP contribution in [-0.4, -0.2) is 17.0 Å². The highest BCUT2D eigenvalue weighted by Gasteiger charge is 2.19. The molecule has 0 aliphatic carbocycles. The maximum Gasteiger partial charge on any atom is 0.340 e. The van der Waals surface area contributed by atoms with Crippen LogP contribution in [0.1, 0.15) is 20.7 Å². The first-order valence-electron chi connectivity index (χ1n) is 5.78. The Balaban J connectivity index is 2.39. The fraction of sp³-hybridized carbons (Fsp3) is 0. The van der Waals surface area contributed by atoms with Gasteiger partial charge in [0.1, 0.15) is 11.4 Å². The van der Waals surface area contributed by atoms with Crippen LogP contribution in [0.3, 0.4) is 0 Å². The molecule has 0 spiro atoms. The smallest absolute Gasteiger partial charge is 0.340 e. The van der Waals surface area contributed by atoms with Gasteiger partial charge in [-0.3, -0.25) is 4.79 Å². The van der Waals surface area contributed by atoms with Crippen molar-refractivity contribution >= 4 is 39.2 Å². The molecule has 0 fully saturated rings. The Kier molecular flexibility index (Phi) is 4.23. The topological polar surface area (TPSA) is 92.4 Å². The van der Waals surface area contributed by atoms with Crippen molar-refractivity contribution in [3.05, 3.63) is 57.8 Å². The van der Waals surface area contributed by atoms with Gasteiger partial charge in [-0.05, 0) is 46.3 Å². The maximum atomic E-state index is 13.5. The molecule has 0 heterocycles. The third-order valence-corrected chi connectivity index (χ3v) is 3.40. The molecule has 108 valence electrons. The predicted molar refractivity (Wildman–Crippen MR) is 79.9 cm³/mol. The molecule has 21 heavy (non-hydrogen) atoms. The lowest BCUT2D eigenvalue weighted by molar-refractivity contribution is 0.0693. The average Bonchev–Trinajstić information content (AvgIpc) is 2.41. The Labute approximate surface area is 127 Å². The average molecular weight is 353 g/mol. The molecule has 0 aliphatic heterocycles. The number of amides is 1. The molecule has 4 N–H and O–H groups in total. The molecule has 0 aliphatic rings. The summed E-state index contributed by atoms with van der Waals surface area (Å²) in [6, 6.07) is 8.25. The van der Waals surface area contributed by atoms with E-state index in [-0.39, 0.29) is 11.3 Å². The van der Waals surface area contributed by atoms with Crippen LogP contribution >= 0.6 is 15.9 Å². The molecule has 0 radical (unpaired) electrons. The number of hydrogen-bond donors (Lipinski definition) is 3. The van der Waals surface area contributed by atoms with Gasteiger partial charge in [-0.1, -0.05) is 6.07 Å². The number of hydrogen-bond acceptors (Lipinski definition) is 3. The van der Waals surface area contributed by atoms with Crippen LogP contribution in [0, 0.1) is 5.82 Å². The molecule has 0 atom stereocenters. The van der Waals surface area contributed by atoms with E-state index >= 15 is 0 Å². The summed E-state index contributed by atoms with van der Waals surface area (Å²) in [5.41, 5.74) is 5.48. The second-order valence-electron chi connectivity index (χ2n) is 4.16. The van der Waals surface area contributed by atoms with Crippen molar-refractivity contribution in [3.8, 4) is 0 Å². The van der Waals surface area contributed by atoms with Crippen LogP contribution in [0.15, 0.2) is 40.9 Å². The highest BCUT2D eigenvalue weighted by molar-refractivity contribution is 9.10. The Morgan fingerprint density at radius 3 is 2.62 bits per heavy atom. The van der Waals surface area contributed by atoms with Crippen molar-refractivity contribution in [3.63, 3.8) is 0 Å². The molecule has 2 aromatic rings. The van der Waals surface area contributed by atoms with E-state index in [1.54, 1.807) is 12.1 Å². The minimum Gasteiger partial charge on any atom is -0.478 e. The van der Waals surface area contributed by atoms with Gasteiger partial charge in [-0.2, -0.15) is 0 Å². The summed E-state index contributed by atoms with van der Waals surface area (Å²) in [6.45, 7) is 0. The molecular weight excluding hydrogens is 343 g/mol. The SMILES string of the molecule is Nc1ccc(Br)c(C(=O)Nc2cccc(F)c2C(=O)O)c1. The fourth-order valence-corrected chi connectivity index (χ4v) is 2.18. The zero-order valence-electron chi connectivity index (χ0n) is 10.6. The van der Waals surface area contributed by atoms with Crippen LogP contribution in [0.5, 0.6) is 0 Å². The number of carbonyl (C=O) groups is 2. The monoisotopic (exact) mass is 352 g/mol. The Morgan fingerprint density at radius 1 is 1.24 bits per heavy atom. The summed E-state index contributed by atoms with van der Waals surface area (Å²) in [4.78, 5) is 23.2. The molecular formula is C14H10BrFN2O3. The van der Waals surface area contributed by atoms with Gasteiger partial charge in [0.2, 0.25) is 0 Å². The number of carboxylic acids is 1. The summed E-state index contributed by atoms with van der Waals surface area (Å²) in [5.74, 6) is -2.98. The van der Waals surface area contributed by atoms with Gasteiger partial charge in [0.15, 0.2) is 0 Å². The van der Waals surface area contributed by atoms with E-state index in [0.29, 0.717) is 10.2 Å². The standard InChI is InChI=1S/C14H10BrFN2O3/c15-9-5-4-7(17)6-8(9)13(19)18-11-3-1-2-10(16)12(11)14(20)21/h1-6H,17H2,(H,18,19)(H,20,21). The van der Waals surface area contributed by atoms with Gasteiger partial charge in [0.05, 0.1) is 11.3 Å². The number of aromatic carboxylic acids is 1. The van der Waals surface area contributed by atoms with Crippen molar-refractivity contribution in [1.29, 1.82) is 0 Å². The number of anilines is 2. The van der Waals surface area contributed by atoms with E-state index in [4.69, 9.17) is 10.8 Å². The summed E-state index contributed by atoms with van der Waals surface area (Å²) >= 11 is 3.20.